The Morgan fingerprint density at radius 3 is 2.57 bits per heavy atom. The summed E-state index contributed by atoms with van der Waals surface area (Å²) in [6.45, 7) is 8.38. The molecule has 0 saturated carbocycles. The Morgan fingerprint density at radius 2 is 1.86 bits per heavy atom. The number of carbonyl (C=O) groups excluding carboxylic acids is 2. The highest BCUT2D eigenvalue weighted by Crippen LogP contribution is 2.37. The predicted octanol–water partition coefficient (Wildman–Crippen LogP) is 3.97. The van der Waals surface area contributed by atoms with Crippen LogP contribution in [0, 0.1) is 5.92 Å². The van der Waals surface area contributed by atoms with E-state index in [1.54, 1.807) is 42.6 Å². The molecule has 0 radical (unpaired) electrons. The largest absolute Gasteiger partial charge is 0.439 e. The molecule has 10 nitrogen and oxygen atoms in total. The van der Waals surface area contributed by atoms with E-state index in [-0.39, 0.29) is 27.9 Å². The number of pyridine rings is 2. The molecular weight excluding hydrogens is 494 g/mol. The van der Waals surface area contributed by atoms with Crippen LogP contribution < -0.4 is 19.7 Å². The van der Waals surface area contributed by atoms with Gasteiger partial charge in [-0.2, -0.15) is 13.4 Å². The Bertz CT molecular complexity index is 1440. The van der Waals surface area contributed by atoms with Crippen molar-refractivity contribution in [2.75, 3.05) is 16.8 Å². The first kappa shape index (κ1) is 26.1. The number of nitrogens with zero attached hydrogens (tertiary/aromatic N) is 3. The maximum Gasteiger partial charge on any atom is 0.281 e. The summed E-state index contributed by atoms with van der Waals surface area (Å²) < 4.78 is 34.0. The van der Waals surface area contributed by atoms with Gasteiger partial charge in [-0.05, 0) is 56.5 Å². The van der Waals surface area contributed by atoms with E-state index in [9.17, 15) is 18.0 Å². The maximum atomic E-state index is 13.2. The lowest BCUT2D eigenvalue weighted by Crippen LogP contribution is -2.41. The number of benzene rings is 1. The molecule has 3 heterocycles. The first-order chi connectivity index (χ1) is 17.4. The van der Waals surface area contributed by atoms with Gasteiger partial charge in [-0.3, -0.25) is 9.59 Å². The molecule has 1 saturated heterocycles. The molecule has 1 aliphatic heterocycles. The van der Waals surface area contributed by atoms with Gasteiger partial charge in [-0.25, -0.2) is 9.71 Å². The van der Waals surface area contributed by atoms with E-state index >= 15 is 0 Å². The van der Waals surface area contributed by atoms with Crippen molar-refractivity contribution in [1.29, 1.82) is 0 Å². The van der Waals surface area contributed by atoms with Gasteiger partial charge < -0.3 is 15.0 Å². The molecular formula is C26H29N5O5S. The lowest BCUT2D eigenvalue weighted by molar-refractivity contribution is -0.114. The van der Waals surface area contributed by atoms with Crippen molar-refractivity contribution in [1.82, 2.24) is 14.7 Å². The fourth-order valence-electron chi connectivity index (χ4n) is 4.54. The van der Waals surface area contributed by atoms with Gasteiger partial charge in [0.05, 0.1) is 5.56 Å². The average Bonchev–Trinajstić information content (AvgIpc) is 3.10. The minimum Gasteiger partial charge on any atom is -0.439 e. The van der Waals surface area contributed by atoms with Crippen molar-refractivity contribution in [3.63, 3.8) is 0 Å². The van der Waals surface area contributed by atoms with Crippen LogP contribution in [-0.4, -0.2) is 42.3 Å². The second kappa shape index (κ2) is 10.2. The Kier molecular flexibility index (Phi) is 7.17. The zero-order chi connectivity index (χ0) is 26.8. The predicted molar refractivity (Wildman–Crippen MR) is 139 cm³/mol. The lowest BCUT2D eigenvalue weighted by Gasteiger charge is -2.33. The molecule has 3 aromatic rings. The Morgan fingerprint density at radius 1 is 1.11 bits per heavy atom. The zero-order valence-electron chi connectivity index (χ0n) is 21.1. The molecule has 2 N–H and O–H groups in total. The first-order valence-electron chi connectivity index (χ1n) is 11.8. The van der Waals surface area contributed by atoms with Crippen molar-refractivity contribution in [3.8, 4) is 11.6 Å². The smallest absolute Gasteiger partial charge is 0.281 e. The Balaban J connectivity index is 1.55. The summed E-state index contributed by atoms with van der Waals surface area (Å²) in [7, 11) is -4.32. The minimum atomic E-state index is -4.32. The van der Waals surface area contributed by atoms with Crippen LogP contribution in [0.15, 0.2) is 65.8 Å². The Hall–Kier alpha value is -3.99. The summed E-state index contributed by atoms with van der Waals surface area (Å²) >= 11 is 0. The van der Waals surface area contributed by atoms with Gasteiger partial charge in [0.2, 0.25) is 11.8 Å². The topological polar surface area (TPSA) is 131 Å². The van der Waals surface area contributed by atoms with E-state index in [1.165, 1.54) is 25.1 Å². The SMILES string of the molecule is CC(=O)Nc1cccc(Oc2cccc(S(=O)(=O)NC(=O)c3cccnc3N3CC(C)CC3(C)C)n2)c1. The van der Waals surface area contributed by atoms with Crippen LogP contribution in [-0.2, 0) is 14.8 Å². The van der Waals surface area contributed by atoms with Crippen molar-refractivity contribution in [2.24, 2.45) is 5.92 Å². The molecule has 1 fully saturated rings. The molecule has 1 aliphatic rings. The third kappa shape index (κ3) is 6.05. The fourth-order valence-corrected chi connectivity index (χ4v) is 5.47. The van der Waals surface area contributed by atoms with Crippen molar-refractivity contribution in [2.45, 2.75) is 44.7 Å². The Labute approximate surface area is 216 Å². The number of amides is 2. The summed E-state index contributed by atoms with van der Waals surface area (Å²) in [5.74, 6) is 0.161. The molecule has 37 heavy (non-hydrogen) atoms. The highest BCUT2D eigenvalue weighted by Gasteiger charge is 2.39. The summed E-state index contributed by atoms with van der Waals surface area (Å²) in [6.07, 6.45) is 2.51. The van der Waals surface area contributed by atoms with Crippen LogP contribution >= 0.6 is 0 Å². The van der Waals surface area contributed by atoms with E-state index in [2.05, 4.69) is 40.8 Å². The van der Waals surface area contributed by atoms with Crippen molar-refractivity contribution >= 4 is 33.3 Å². The number of nitrogens with one attached hydrogen (secondary N) is 2. The van der Waals surface area contributed by atoms with E-state index in [1.807, 2.05) is 4.90 Å². The van der Waals surface area contributed by atoms with Crippen LogP contribution in [0.25, 0.3) is 0 Å². The second-order valence-electron chi connectivity index (χ2n) is 9.67. The molecule has 2 aromatic heterocycles. The second-order valence-corrected chi connectivity index (χ2v) is 11.3. The number of rotatable bonds is 7. The number of hydrogen-bond acceptors (Lipinski definition) is 8. The van der Waals surface area contributed by atoms with Gasteiger partial charge in [-0.15, -0.1) is 0 Å². The van der Waals surface area contributed by atoms with Gasteiger partial charge in [-0.1, -0.05) is 19.1 Å². The molecule has 0 aliphatic carbocycles. The van der Waals surface area contributed by atoms with Crippen LogP contribution in [0.4, 0.5) is 11.5 Å². The van der Waals surface area contributed by atoms with Gasteiger partial charge in [0.15, 0.2) is 5.03 Å². The van der Waals surface area contributed by atoms with E-state index < -0.39 is 15.9 Å². The first-order valence-corrected chi connectivity index (χ1v) is 13.3. The quantitative estimate of drug-likeness (QED) is 0.476. The average molecular weight is 524 g/mol. The van der Waals surface area contributed by atoms with Crippen molar-refractivity contribution in [3.05, 3.63) is 66.4 Å². The summed E-state index contributed by atoms with van der Waals surface area (Å²) in [5, 5.41) is 2.27. The number of ether oxygens (including phenoxy) is 1. The van der Waals surface area contributed by atoms with Gasteiger partial charge in [0, 0.05) is 43.0 Å². The number of hydrogen-bond donors (Lipinski definition) is 2. The molecule has 2 amide bonds. The molecule has 11 heteroatoms. The van der Waals surface area contributed by atoms with Crippen LogP contribution in [0.2, 0.25) is 0 Å². The maximum absolute atomic E-state index is 13.2. The molecule has 0 spiro atoms. The number of sulfonamides is 1. The van der Waals surface area contributed by atoms with Crippen LogP contribution in [0.5, 0.6) is 11.6 Å². The van der Waals surface area contributed by atoms with Crippen LogP contribution in [0.1, 0.15) is 44.5 Å². The summed E-state index contributed by atoms with van der Waals surface area (Å²) in [5.41, 5.74) is 0.450. The number of carbonyl (C=O) groups is 2. The molecule has 1 atom stereocenters. The molecule has 4 rings (SSSR count). The van der Waals surface area contributed by atoms with E-state index in [4.69, 9.17) is 4.74 Å². The third-order valence-electron chi connectivity index (χ3n) is 5.94. The zero-order valence-corrected chi connectivity index (χ0v) is 21.9. The van der Waals surface area contributed by atoms with Crippen LogP contribution in [0.3, 0.4) is 0 Å². The van der Waals surface area contributed by atoms with E-state index in [0.717, 1.165) is 6.42 Å². The standard InChI is InChI=1S/C26H29N5O5S/c1-17-15-26(3,4)31(16-17)24-21(10-7-13-27-24)25(33)30-37(34,35)23-12-6-11-22(29-23)36-20-9-5-8-19(14-20)28-18(2)32/h5-14,17H,15-16H2,1-4H3,(H,28,32)(H,30,33). The highest BCUT2D eigenvalue weighted by atomic mass is 32.2. The minimum absolute atomic E-state index is 0.00479. The molecule has 1 aromatic carbocycles. The number of aromatic nitrogens is 2. The van der Waals surface area contributed by atoms with E-state index in [0.29, 0.717) is 29.7 Å². The fraction of sp³-hybridized carbons (Fsp3) is 0.308. The van der Waals surface area contributed by atoms with Gasteiger partial charge >= 0.3 is 0 Å². The van der Waals surface area contributed by atoms with Crippen molar-refractivity contribution < 1.29 is 22.7 Å². The normalized spacial score (nSPS) is 16.8. The monoisotopic (exact) mass is 523 g/mol. The lowest BCUT2D eigenvalue weighted by atomic mass is 9.97. The highest BCUT2D eigenvalue weighted by molar-refractivity contribution is 7.90. The molecule has 0 bridgehead atoms. The third-order valence-corrected chi connectivity index (χ3v) is 7.17. The van der Waals surface area contributed by atoms with Gasteiger partial charge in [0.25, 0.3) is 15.9 Å². The molecule has 194 valence electrons. The van der Waals surface area contributed by atoms with Gasteiger partial charge in [0.1, 0.15) is 11.6 Å². The molecule has 1 unspecified atom stereocenters. The summed E-state index contributed by atoms with van der Waals surface area (Å²) in [6, 6.07) is 14.0. The number of anilines is 2. The summed E-state index contributed by atoms with van der Waals surface area (Å²) in [4.78, 5) is 35.0.